The monoisotopic (exact) mass is 163 g/mol. The van der Waals surface area contributed by atoms with Gasteiger partial charge < -0.3 is 10.8 Å². The molecule has 1 aliphatic carbocycles. The van der Waals surface area contributed by atoms with Gasteiger partial charge in [-0.3, -0.25) is 4.79 Å². The topological polar surface area (TPSA) is 63.3 Å². The normalized spacial score (nSPS) is 29.7. The lowest BCUT2D eigenvalue weighted by Gasteiger charge is -2.01. The quantitative estimate of drug-likeness (QED) is 0.572. The molecule has 1 fully saturated rings. The highest BCUT2D eigenvalue weighted by molar-refractivity contribution is 5.76. The molecule has 5 heteroatoms. The third-order valence-corrected chi connectivity index (χ3v) is 1.76. The molecule has 2 atom stereocenters. The van der Waals surface area contributed by atoms with Crippen molar-refractivity contribution >= 4 is 5.97 Å². The van der Waals surface area contributed by atoms with E-state index in [0.29, 0.717) is 0 Å². The van der Waals surface area contributed by atoms with Crippen molar-refractivity contribution < 1.29 is 18.7 Å². The molecule has 0 radical (unpaired) electrons. The number of carbonyl (C=O) groups is 1. The standard InChI is InChI=1S/C6H7F2NO2/c1-2-3(6(2,7)8)4(9)5(10)11/h3-4H,1,9H2,(H,10,11). The molecule has 0 bridgehead atoms. The Bertz CT molecular complexity index is 227. The Morgan fingerprint density at radius 1 is 1.82 bits per heavy atom. The number of hydrogen-bond acceptors (Lipinski definition) is 2. The van der Waals surface area contributed by atoms with Crippen LogP contribution in [0.2, 0.25) is 0 Å². The van der Waals surface area contributed by atoms with E-state index in [1.54, 1.807) is 0 Å². The van der Waals surface area contributed by atoms with Crippen molar-refractivity contribution in [1.29, 1.82) is 0 Å². The zero-order valence-electron chi connectivity index (χ0n) is 5.55. The van der Waals surface area contributed by atoms with Crippen LogP contribution >= 0.6 is 0 Å². The number of rotatable bonds is 2. The maximum atomic E-state index is 12.4. The second kappa shape index (κ2) is 2.01. The van der Waals surface area contributed by atoms with Crippen LogP contribution in [-0.2, 0) is 4.79 Å². The second-order valence-corrected chi connectivity index (χ2v) is 2.49. The Kier molecular flexibility index (Phi) is 1.48. The molecule has 0 amide bonds. The minimum Gasteiger partial charge on any atom is -0.480 e. The van der Waals surface area contributed by atoms with Gasteiger partial charge in [0.1, 0.15) is 6.04 Å². The fourth-order valence-electron chi connectivity index (χ4n) is 0.938. The average molecular weight is 163 g/mol. The summed E-state index contributed by atoms with van der Waals surface area (Å²) < 4.78 is 24.7. The fourth-order valence-corrected chi connectivity index (χ4v) is 0.938. The van der Waals surface area contributed by atoms with E-state index in [4.69, 9.17) is 10.8 Å². The van der Waals surface area contributed by atoms with Crippen LogP contribution in [0.5, 0.6) is 0 Å². The maximum Gasteiger partial charge on any atom is 0.321 e. The number of aliphatic carboxylic acids is 1. The minimum absolute atomic E-state index is 0.382. The molecule has 0 aliphatic heterocycles. The molecule has 62 valence electrons. The Balaban J connectivity index is 2.68. The van der Waals surface area contributed by atoms with Crippen LogP contribution in [-0.4, -0.2) is 23.0 Å². The van der Waals surface area contributed by atoms with E-state index in [1.807, 2.05) is 0 Å². The van der Waals surface area contributed by atoms with Gasteiger partial charge in [0.25, 0.3) is 5.92 Å². The molecule has 1 aliphatic rings. The van der Waals surface area contributed by atoms with Crippen molar-refractivity contribution in [3.8, 4) is 0 Å². The van der Waals surface area contributed by atoms with Crippen LogP contribution in [0.4, 0.5) is 8.78 Å². The van der Waals surface area contributed by atoms with E-state index < -0.39 is 23.9 Å². The summed E-state index contributed by atoms with van der Waals surface area (Å²) in [6, 6.07) is -1.53. The highest BCUT2D eigenvalue weighted by Crippen LogP contribution is 2.54. The van der Waals surface area contributed by atoms with Crippen molar-refractivity contribution in [2.24, 2.45) is 11.7 Å². The van der Waals surface area contributed by atoms with Crippen LogP contribution in [0, 0.1) is 5.92 Å². The first-order valence-corrected chi connectivity index (χ1v) is 2.94. The summed E-state index contributed by atoms with van der Waals surface area (Å²) in [4.78, 5) is 10.1. The Morgan fingerprint density at radius 2 is 2.18 bits per heavy atom. The predicted octanol–water partition coefficient (Wildman–Crippen LogP) is 0.220. The van der Waals surface area contributed by atoms with E-state index in [9.17, 15) is 13.6 Å². The summed E-state index contributed by atoms with van der Waals surface area (Å²) in [5.41, 5.74) is 4.57. The molecule has 0 aromatic heterocycles. The van der Waals surface area contributed by atoms with Gasteiger partial charge in [-0.2, -0.15) is 0 Å². The van der Waals surface area contributed by atoms with Gasteiger partial charge in [0.05, 0.1) is 5.92 Å². The Hall–Kier alpha value is -0.970. The van der Waals surface area contributed by atoms with E-state index >= 15 is 0 Å². The first-order chi connectivity index (χ1) is 4.89. The van der Waals surface area contributed by atoms with Gasteiger partial charge >= 0.3 is 5.97 Å². The van der Waals surface area contributed by atoms with Gasteiger partial charge in [-0.05, 0) is 0 Å². The van der Waals surface area contributed by atoms with Gasteiger partial charge in [0.15, 0.2) is 0 Å². The predicted molar refractivity (Wildman–Crippen MR) is 33.2 cm³/mol. The summed E-state index contributed by atoms with van der Waals surface area (Å²) in [5.74, 6) is -5.87. The second-order valence-electron chi connectivity index (χ2n) is 2.49. The number of carboxylic acid groups (broad SMARTS) is 1. The summed E-state index contributed by atoms with van der Waals surface area (Å²) in [6.07, 6.45) is 0. The van der Waals surface area contributed by atoms with Crippen LogP contribution in [0.1, 0.15) is 0 Å². The third kappa shape index (κ3) is 1.01. The smallest absolute Gasteiger partial charge is 0.321 e. The number of nitrogens with two attached hydrogens (primary N) is 1. The molecule has 0 aromatic rings. The summed E-state index contributed by atoms with van der Waals surface area (Å²) in [6.45, 7) is 3.01. The van der Waals surface area contributed by atoms with Crippen LogP contribution in [0.3, 0.4) is 0 Å². The molecule has 0 spiro atoms. The van der Waals surface area contributed by atoms with Crippen molar-refractivity contribution in [2.45, 2.75) is 12.0 Å². The lowest BCUT2D eigenvalue weighted by atomic mass is 10.2. The number of carboxylic acids is 1. The first-order valence-electron chi connectivity index (χ1n) is 2.94. The van der Waals surface area contributed by atoms with Crippen molar-refractivity contribution in [3.05, 3.63) is 12.2 Å². The molecule has 2 unspecified atom stereocenters. The Morgan fingerprint density at radius 3 is 2.27 bits per heavy atom. The number of halogens is 2. The minimum atomic E-state index is -3.07. The molecular weight excluding hydrogens is 156 g/mol. The van der Waals surface area contributed by atoms with Gasteiger partial charge in [-0.1, -0.05) is 6.58 Å². The van der Waals surface area contributed by atoms with Gasteiger partial charge in [0.2, 0.25) is 0 Å². The van der Waals surface area contributed by atoms with Crippen molar-refractivity contribution in [1.82, 2.24) is 0 Å². The lowest BCUT2D eigenvalue weighted by Crippen LogP contribution is -2.34. The van der Waals surface area contributed by atoms with Crippen LogP contribution < -0.4 is 5.73 Å². The highest BCUT2D eigenvalue weighted by Gasteiger charge is 2.65. The fraction of sp³-hybridized carbons (Fsp3) is 0.500. The molecule has 0 aromatic carbocycles. The summed E-state index contributed by atoms with van der Waals surface area (Å²) in [5, 5.41) is 8.24. The van der Waals surface area contributed by atoms with E-state index in [-0.39, 0.29) is 5.57 Å². The van der Waals surface area contributed by atoms with E-state index in [0.717, 1.165) is 0 Å². The largest absolute Gasteiger partial charge is 0.480 e. The lowest BCUT2D eigenvalue weighted by molar-refractivity contribution is -0.139. The first kappa shape index (κ1) is 8.13. The Labute approximate surface area is 61.5 Å². The van der Waals surface area contributed by atoms with Crippen LogP contribution in [0.25, 0.3) is 0 Å². The third-order valence-electron chi connectivity index (χ3n) is 1.76. The van der Waals surface area contributed by atoms with Gasteiger partial charge in [0, 0.05) is 5.57 Å². The molecule has 3 nitrogen and oxygen atoms in total. The van der Waals surface area contributed by atoms with Crippen molar-refractivity contribution in [3.63, 3.8) is 0 Å². The van der Waals surface area contributed by atoms with Gasteiger partial charge in [-0.25, -0.2) is 8.78 Å². The molecule has 3 N–H and O–H groups in total. The molecule has 1 rings (SSSR count). The molecule has 0 heterocycles. The van der Waals surface area contributed by atoms with E-state index in [2.05, 4.69) is 6.58 Å². The van der Waals surface area contributed by atoms with Crippen molar-refractivity contribution in [2.75, 3.05) is 0 Å². The zero-order chi connectivity index (χ0) is 8.81. The molecule has 11 heavy (non-hydrogen) atoms. The zero-order valence-corrected chi connectivity index (χ0v) is 5.55. The van der Waals surface area contributed by atoms with E-state index in [1.165, 1.54) is 0 Å². The molecule has 1 saturated carbocycles. The van der Waals surface area contributed by atoms with Gasteiger partial charge in [-0.15, -0.1) is 0 Å². The highest BCUT2D eigenvalue weighted by atomic mass is 19.3. The molecule has 0 saturated heterocycles. The maximum absolute atomic E-state index is 12.4. The van der Waals surface area contributed by atoms with Crippen LogP contribution in [0.15, 0.2) is 12.2 Å². The average Bonchev–Trinajstić information content (AvgIpc) is 2.32. The number of hydrogen-bond donors (Lipinski definition) is 2. The molecular formula is C6H7F2NO2. The summed E-state index contributed by atoms with van der Waals surface area (Å²) >= 11 is 0. The SMILES string of the molecule is C=C1C(C(N)C(=O)O)C1(F)F. The summed E-state index contributed by atoms with van der Waals surface area (Å²) in [7, 11) is 0. The number of alkyl halides is 2.